The van der Waals surface area contributed by atoms with Crippen LogP contribution in [-0.2, 0) is 0 Å². The van der Waals surface area contributed by atoms with Gasteiger partial charge in [0.15, 0.2) is 11.6 Å². The largest absolute Gasteiger partial charge is 0.507 e. The van der Waals surface area contributed by atoms with Crippen molar-refractivity contribution < 1.29 is 5.11 Å². The SMILES string of the molecule is Cc1nc(-c2ccc(-c3nnc(N[C@@H]4CCCN(C)C4)c4ccccc34)c(O)c2)ns1. The Balaban J connectivity index is 1.52. The smallest absolute Gasteiger partial charge is 0.173 e. The lowest BCUT2D eigenvalue weighted by molar-refractivity contribution is 0.261. The average Bonchev–Trinajstić information content (AvgIpc) is 3.21. The second-order valence-electron chi connectivity index (χ2n) is 8.06. The summed E-state index contributed by atoms with van der Waals surface area (Å²) in [5.41, 5.74) is 2.08. The number of likely N-dealkylation sites (N-methyl/N-ethyl adjacent to an activating group) is 1. The van der Waals surface area contributed by atoms with Crippen LogP contribution in [0.5, 0.6) is 5.75 Å². The number of hydrogen-bond donors (Lipinski definition) is 2. The third-order valence-corrected chi connectivity index (χ3v) is 6.31. The van der Waals surface area contributed by atoms with E-state index in [4.69, 9.17) is 0 Å². The molecule has 0 aliphatic carbocycles. The normalized spacial score (nSPS) is 17.2. The Morgan fingerprint density at radius 2 is 1.97 bits per heavy atom. The Kier molecular flexibility index (Phi) is 5.25. The number of fused-ring (bicyclic) bond motifs is 1. The van der Waals surface area contributed by atoms with Crippen molar-refractivity contribution in [1.82, 2.24) is 24.5 Å². The van der Waals surface area contributed by atoms with E-state index < -0.39 is 0 Å². The summed E-state index contributed by atoms with van der Waals surface area (Å²) in [6.45, 7) is 4.04. The number of aryl methyl sites for hydroxylation is 1. The predicted molar refractivity (Wildman–Crippen MR) is 124 cm³/mol. The molecule has 8 heteroatoms. The molecule has 1 saturated heterocycles. The molecule has 158 valence electrons. The van der Waals surface area contributed by atoms with Crippen LogP contribution in [-0.4, -0.2) is 55.7 Å². The van der Waals surface area contributed by atoms with E-state index in [1.165, 1.54) is 18.0 Å². The van der Waals surface area contributed by atoms with Crippen LogP contribution in [0.1, 0.15) is 17.8 Å². The number of benzene rings is 2. The average molecular weight is 433 g/mol. The monoisotopic (exact) mass is 432 g/mol. The zero-order chi connectivity index (χ0) is 21.4. The summed E-state index contributed by atoms with van der Waals surface area (Å²) in [7, 11) is 2.15. The first kappa shape index (κ1) is 19.8. The maximum atomic E-state index is 10.8. The summed E-state index contributed by atoms with van der Waals surface area (Å²) in [5, 5.41) is 26.3. The van der Waals surface area contributed by atoms with Crippen LogP contribution < -0.4 is 5.32 Å². The van der Waals surface area contributed by atoms with Gasteiger partial charge in [-0.25, -0.2) is 4.98 Å². The van der Waals surface area contributed by atoms with Crippen molar-refractivity contribution in [2.45, 2.75) is 25.8 Å². The van der Waals surface area contributed by atoms with Crippen LogP contribution in [0.15, 0.2) is 42.5 Å². The molecule has 1 aliphatic rings. The highest BCUT2D eigenvalue weighted by molar-refractivity contribution is 7.05. The van der Waals surface area contributed by atoms with E-state index >= 15 is 0 Å². The van der Waals surface area contributed by atoms with E-state index in [-0.39, 0.29) is 5.75 Å². The molecule has 0 unspecified atom stereocenters. The van der Waals surface area contributed by atoms with Gasteiger partial charge in [0, 0.05) is 34.5 Å². The zero-order valence-corrected chi connectivity index (χ0v) is 18.4. The molecular weight excluding hydrogens is 408 g/mol. The predicted octanol–water partition coefficient (Wildman–Crippen LogP) is 4.34. The second kappa shape index (κ2) is 8.20. The molecule has 4 aromatic rings. The zero-order valence-electron chi connectivity index (χ0n) is 17.5. The van der Waals surface area contributed by atoms with Crippen molar-refractivity contribution in [3.05, 3.63) is 47.5 Å². The maximum absolute atomic E-state index is 10.8. The number of rotatable bonds is 4. The van der Waals surface area contributed by atoms with Crippen molar-refractivity contribution in [2.24, 2.45) is 0 Å². The van der Waals surface area contributed by atoms with E-state index in [0.29, 0.717) is 23.1 Å². The summed E-state index contributed by atoms with van der Waals surface area (Å²) in [4.78, 5) is 6.74. The fourth-order valence-electron chi connectivity index (χ4n) is 4.17. The van der Waals surface area contributed by atoms with Crippen molar-refractivity contribution in [3.63, 3.8) is 0 Å². The minimum Gasteiger partial charge on any atom is -0.507 e. The Hall–Kier alpha value is -3.10. The molecule has 3 heterocycles. The first-order chi connectivity index (χ1) is 15.1. The maximum Gasteiger partial charge on any atom is 0.173 e. The second-order valence-corrected chi connectivity index (χ2v) is 9.01. The van der Waals surface area contributed by atoms with Gasteiger partial charge < -0.3 is 15.3 Å². The molecule has 1 aliphatic heterocycles. The summed E-state index contributed by atoms with van der Waals surface area (Å²) >= 11 is 1.35. The number of aromatic hydroxyl groups is 1. The summed E-state index contributed by atoms with van der Waals surface area (Å²) in [5.74, 6) is 1.55. The highest BCUT2D eigenvalue weighted by Gasteiger charge is 2.20. The van der Waals surface area contributed by atoms with Crippen LogP contribution in [0.2, 0.25) is 0 Å². The Morgan fingerprint density at radius 1 is 1.13 bits per heavy atom. The molecule has 0 spiro atoms. The van der Waals surface area contributed by atoms with Crippen LogP contribution in [0.25, 0.3) is 33.4 Å². The molecule has 0 bridgehead atoms. The molecule has 2 aromatic heterocycles. The van der Waals surface area contributed by atoms with E-state index in [0.717, 1.165) is 46.7 Å². The Labute approximate surface area is 185 Å². The number of nitrogens with zero attached hydrogens (tertiary/aromatic N) is 5. The highest BCUT2D eigenvalue weighted by atomic mass is 32.1. The van der Waals surface area contributed by atoms with E-state index in [2.05, 4.69) is 42.9 Å². The summed E-state index contributed by atoms with van der Waals surface area (Å²) < 4.78 is 4.33. The summed E-state index contributed by atoms with van der Waals surface area (Å²) in [6.07, 6.45) is 2.29. The molecule has 2 aromatic carbocycles. The fraction of sp³-hybridized carbons (Fsp3) is 0.304. The fourth-order valence-corrected chi connectivity index (χ4v) is 4.67. The van der Waals surface area contributed by atoms with Crippen molar-refractivity contribution in [3.8, 4) is 28.4 Å². The van der Waals surface area contributed by atoms with E-state index in [9.17, 15) is 5.11 Å². The van der Waals surface area contributed by atoms with Crippen LogP contribution >= 0.6 is 11.5 Å². The number of aromatic nitrogens is 4. The highest BCUT2D eigenvalue weighted by Crippen LogP contribution is 2.36. The van der Waals surface area contributed by atoms with Gasteiger partial charge in [-0.3, -0.25) is 0 Å². The number of anilines is 1. The lowest BCUT2D eigenvalue weighted by atomic mass is 10.0. The third-order valence-electron chi connectivity index (χ3n) is 5.69. The minimum atomic E-state index is 0.138. The van der Waals surface area contributed by atoms with Gasteiger partial charge in [-0.1, -0.05) is 30.3 Å². The molecule has 2 N–H and O–H groups in total. The Morgan fingerprint density at radius 3 is 2.71 bits per heavy atom. The van der Waals surface area contributed by atoms with Gasteiger partial charge in [-0.2, -0.15) is 4.37 Å². The molecule has 0 saturated carbocycles. The van der Waals surface area contributed by atoms with Crippen LogP contribution in [0.4, 0.5) is 5.82 Å². The lowest BCUT2D eigenvalue weighted by Gasteiger charge is -2.30. The first-order valence-electron chi connectivity index (χ1n) is 10.4. The Bertz CT molecular complexity index is 1240. The van der Waals surface area contributed by atoms with E-state index in [1.807, 2.05) is 37.3 Å². The molecule has 31 heavy (non-hydrogen) atoms. The number of hydrogen-bond acceptors (Lipinski definition) is 8. The first-order valence-corrected chi connectivity index (χ1v) is 11.2. The van der Waals surface area contributed by atoms with Gasteiger partial charge in [-0.15, -0.1) is 10.2 Å². The molecule has 1 fully saturated rings. The van der Waals surface area contributed by atoms with Crippen molar-refractivity contribution in [1.29, 1.82) is 0 Å². The topological polar surface area (TPSA) is 87.1 Å². The molecule has 0 radical (unpaired) electrons. The van der Waals surface area contributed by atoms with Gasteiger partial charge in [0.05, 0.1) is 0 Å². The molecular formula is C23H24N6OS. The molecule has 7 nitrogen and oxygen atoms in total. The van der Waals surface area contributed by atoms with Gasteiger partial charge in [0.25, 0.3) is 0 Å². The molecule has 0 amide bonds. The van der Waals surface area contributed by atoms with Crippen molar-refractivity contribution >= 4 is 28.1 Å². The van der Waals surface area contributed by atoms with Gasteiger partial charge in [0.1, 0.15) is 16.5 Å². The number of piperidine rings is 1. The van der Waals surface area contributed by atoms with Crippen LogP contribution in [0, 0.1) is 6.92 Å². The van der Waals surface area contributed by atoms with Crippen molar-refractivity contribution in [2.75, 3.05) is 25.5 Å². The quantitative estimate of drug-likeness (QED) is 0.496. The molecule has 5 rings (SSSR count). The standard InChI is InChI=1S/C23H24N6OS/c1-14-24-22(28-31-14)15-9-10-19(20(30)12-15)21-17-7-3-4-8-18(17)23(27-26-21)25-16-6-5-11-29(2)13-16/h3-4,7-10,12,16,30H,5-6,11,13H2,1-2H3,(H,25,27)/t16-/m1/s1. The number of phenolic OH excluding ortho intramolecular Hbond substituents is 1. The van der Waals surface area contributed by atoms with Gasteiger partial charge in [-0.05, 0) is 57.0 Å². The minimum absolute atomic E-state index is 0.138. The number of nitrogens with one attached hydrogen (secondary N) is 1. The van der Waals surface area contributed by atoms with Crippen LogP contribution in [0.3, 0.4) is 0 Å². The van der Waals surface area contributed by atoms with Gasteiger partial charge in [0.2, 0.25) is 0 Å². The van der Waals surface area contributed by atoms with Gasteiger partial charge >= 0.3 is 0 Å². The third kappa shape index (κ3) is 3.96. The van der Waals surface area contributed by atoms with E-state index in [1.54, 1.807) is 6.07 Å². The molecule has 1 atom stereocenters. The summed E-state index contributed by atoms with van der Waals surface area (Å²) in [6, 6.07) is 13.9. The lowest BCUT2D eigenvalue weighted by Crippen LogP contribution is -2.40. The number of likely N-dealkylation sites (tertiary alicyclic amines) is 1. The number of phenols is 1.